The van der Waals surface area contributed by atoms with E-state index in [-0.39, 0.29) is 4.51 Å². The van der Waals surface area contributed by atoms with Gasteiger partial charge in [-0.1, -0.05) is 0 Å². The largest absolute Gasteiger partial charge is 0.497 e. The maximum Gasteiger partial charge on any atom is 0.260 e. The molecule has 0 amide bonds. The summed E-state index contributed by atoms with van der Waals surface area (Å²) in [5.74, 6) is 1.31. The van der Waals surface area contributed by atoms with E-state index in [1.165, 1.54) is 0 Å². The van der Waals surface area contributed by atoms with Gasteiger partial charge >= 0.3 is 0 Å². The van der Waals surface area contributed by atoms with Crippen LogP contribution in [-0.4, -0.2) is 11.6 Å². The average Bonchev–Trinajstić information content (AvgIpc) is 2.08. The Kier molecular flexibility index (Phi) is 3.96. The molecule has 0 aliphatic heterocycles. The fourth-order valence-corrected chi connectivity index (χ4v) is 1.39. The SMILES string of the molecule is COc1ccc(OC(=S)Cl)c(Br)c1. The van der Waals surface area contributed by atoms with Crippen molar-refractivity contribution in [3.05, 3.63) is 22.7 Å². The Balaban J connectivity index is 2.91. The van der Waals surface area contributed by atoms with E-state index in [0.29, 0.717) is 5.75 Å². The predicted octanol–water partition coefficient (Wildman–Crippen LogP) is 3.36. The van der Waals surface area contributed by atoms with Gasteiger partial charge in [-0.3, -0.25) is 0 Å². The predicted molar refractivity (Wildman–Crippen MR) is 59.8 cm³/mol. The first kappa shape index (κ1) is 10.8. The van der Waals surface area contributed by atoms with Gasteiger partial charge in [-0.2, -0.15) is 0 Å². The fourth-order valence-electron chi connectivity index (χ4n) is 0.778. The lowest BCUT2D eigenvalue weighted by molar-refractivity contribution is 0.413. The van der Waals surface area contributed by atoms with Gasteiger partial charge in [0, 0.05) is 0 Å². The molecular formula is C8H6BrClO2S. The molecule has 13 heavy (non-hydrogen) atoms. The quantitative estimate of drug-likeness (QED) is 0.612. The van der Waals surface area contributed by atoms with Crippen molar-refractivity contribution >= 4 is 44.3 Å². The molecule has 0 spiro atoms. The minimum absolute atomic E-state index is 0.0362. The second-order valence-corrected chi connectivity index (χ2v) is 3.93. The second-order valence-electron chi connectivity index (χ2n) is 2.14. The Morgan fingerprint density at radius 3 is 2.69 bits per heavy atom. The molecule has 0 saturated heterocycles. The monoisotopic (exact) mass is 280 g/mol. The Morgan fingerprint density at radius 1 is 1.54 bits per heavy atom. The third-order valence-electron chi connectivity index (χ3n) is 1.33. The van der Waals surface area contributed by atoms with E-state index in [0.717, 1.165) is 10.2 Å². The molecule has 0 bridgehead atoms. The van der Waals surface area contributed by atoms with E-state index >= 15 is 0 Å². The standard InChI is InChI=1S/C8H6BrClO2S/c1-11-5-2-3-7(6(9)4-5)12-8(10)13/h2-4H,1H3. The van der Waals surface area contributed by atoms with Gasteiger partial charge in [-0.25, -0.2) is 0 Å². The van der Waals surface area contributed by atoms with Gasteiger partial charge in [0.15, 0.2) is 0 Å². The molecule has 0 fully saturated rings. The highest BCUT2D eigenvalue weighted by Crippen LogP contribution is 2.29. The molecule has 0 atom stereocenters. The minimum atomic E-state index is -0.0362. The summed E-state index contributed by atoms with van der Waals surface area (Å²) in [4.78, 5) is 0. The van der Waals surface area contributed by atoms with E-state index < -0.39 is 0 Å². The first-order valence-corrected chi connectivity index (χ1v) is 4.92. The molecule has 0 unspecified atom stereocenters. The van der Waals surface area contributed by atoms with Gasteiger partial charge < -0.3 is 9.47 Å². The van der Waals surface area contributed by atoms with Crippen LogP contribution in [0.3, 0.4) is 0 Å². The Bertz CT molecular complexity index is 330. The average molecular weight is 282 g/mol. The lowest BCUT2D eigenvalue weighted by Crippen LogP contribution is -1.96. The van der Waals surface area contributed by atoms with Gasteiger partial charge in [0.2, 0.25) is 0 Å². The van der Waals surface area contributed by atoms with Gasteiger partial charge in [0.1, 0.15) is 11.5 Å². The number of benzene rings is 1. The number of rotatable bonds is 2. The second kappa shape index (κ2) is 4.79. The van der Waals surface area contributed by atoms with Crippen molar-refractivity contribution in [3.63, 3.8) is 0 Å². The first-order chi connectivity index (χ1) is 6.13. The molecule has 0 saturated carbocycles. The van der Waals surface area contributed by atoms with Gasteiger partial charge in [-0.05, 0) is 57.9 Å². The summed E-state index contributed by atoms with van der Waals surface area (Å²) in [6, 6.07) is 5.25. The lowest BCUT2D eigenvalue weighted by Gasteiger charge is -2.05. The van der Waals surface area contributed by atoms with Crippen LogP contribution >= 0.6 is 39.7 Å². The molecule has 1 rings (SSSR count). The smallest absolute Gasteiger partial charge is 0.260 e. The van der Waals surface area contributed by atoms with Gasteiger partial charge in [0.05, 0.1) is 11.6 Å². The molecular weight excluding hydrogens is 276 g/mol. The summed E-state index contributed by atoms with van der Waals surface area (Å²) in [6.07, 6.45) is 0. The van der Waals surface area contributed by atoms with Crippen LogP contribution in [0.15, 0.2) is 22.7 Å². The summed E-state index contributed by atoms with van der Waals surface area (Å²) in [6.45, 7) is 0. The number of thiocarbonyl (C=S) groups is 1. The maximum atomic E-state index is 5.42. The molecule has 2 nitrogen and oxygen atoms in total. The van der Waals surface area contributed by atoms with Crippen molar-refractivity contribution in [2.75, 3.05) is 7.11 Å². The molecule has 70 valence electrons. The van der Waals surface area contributed by atoms with E-state index in [9.17, 15) is 0 Å². The van der Waals surface area contributed by atoms with E-state index in [4.69, 9.17) is 21.1 Å². The van der Waals surface area contributed by atoms with Crippen LogP contribution in [0.25, 0.3) is 0 Å². The summed E-state index contributed by atoms with van der Waals surface area (Å²) in [5.41, 5.74) is 0. The zero-order valence-electron chi connectivity index (χ0n) is 6.71. The number of halogens is 2. The van der Waals surface area contributed by atoms with Crippen molar-refractivity contribution in [2.45, 2.75) is 0 Å². The van der Waals surface area contributed by atoms with E-state index in [1.54, 1.807) is 25.3 Å². The van der Waals surface area contributed by atoms with Crippen molar-refractivity contribution in [1.29, 1.82) is 0 Å². The summed E-state index contributed by atoms with van der Waals surface area (Å²) >= 11 is 13.3. The third kappa shape index (κ3) is 3.14. The summed E-state index contributed by atoms with van der Waals surface area (Å²) in [5, 5.41) is 0. The topological polar surface area (TPSA) is 18.5 Å². The Labute approximate surface area is 94.9 Å². The van der Waals surface area contributed by atoms with E-state index in [1.807, 2.05) is 0 Å². The number of hydrogen-bond donors (Lipinski definition) is 0. The van der Waals surface area contributed by atoms with Crippen molar-refractivity contribution in [3.8, 4) is 11.5 Å². The van der Waals surface area contributed by atoms with Crippen LogP contribution in [-0.2, 0) is 0 Å². The molecule has 0 radical (unpaired) electrons. The number of ether oxygens (including phenoxy) is 2. The van der Waals surface area contributed by atoms with Crippen LogP contribution in [0, 0.1) is 0 Å². The highest BCUT2D eigenvalue weighted by atomic mass is 79.9. The zero-order chi connectivity index (χ0) is 9.84. The number of hydrogen-bond acceptors (Lipinski definition) is 3. The van der Waals surface area contributed by atoms with Crippen LogP contribution in [0.2, 0.25) is 0 Å². The highest BCUT2D eigenvalue weighted by Gasteiger charge is 2.04. The Hall–Kier alpha value is -0.320. The van der Waals surface area contributed by atoms with E-state index in [2.05, 4.69) is 28.1 Å². The fraction of sp³-hybridized carbons (Fsp3) is 0.125. The molecule has 0 N–H and O–H groups in total. The van der Waals surface area contributed by atoms with Gasteiger partial charge in [-0.15, -0.1) is 0 Å². The molecule has 0 aromatic heterocycles. The highest BCUT2D eigenvalue weighted by molar-refractivity contribution is 9.10. The third-order valence-corrected chi connectivity index (χ3v) is 2.11. The minimum Gasteiger partial charge on any atom is -0.497 e. The van der Waals surface area contributed by atoms with Crippen molar-refractivity contribution in [1.82, 2.24) is 0 Å². The molecule has 0 heterocycles. The zero-order valence-corrected chi connectivity index (χ0v) is 9.87. The lowest BCUT2D eigenvalue weighted by atomic mass is 10.3. The van der Waals surface area contributed by atoms with Crippen LogP contribution in [0.5, 0.6) is 11.5 Å². The Morgan fingerprint density at radius 2 is 2.23 bits per heavy atom. The molecule has 0 aliphatic carbocycles. The molecule has 1 aromatic carbocycles. The van der Waals surface area contributed by atoms with Gasteiger partial charge in [0.25, 0.3) is 4.51 Å². The molecule has 1 aromatic rings. The normalized spacial score (nSPS) is 9.46. The van der Waals surface area contributed by atoms with Crippen molar-refractivity contribution < 1.29 is 9.47 Å². The van der Waals surface area contributed by atoms with Crippen molar-refractivity contribution in [2.24, 2.45) is 0 Å². The maximum absolute atomic E-state index is 5.42. The van der Waals surface area contributed by atoms with Crippen LogP contribution < -0.4 is 9.47 Å². The molecule has 0 aliphatic rings. The molecule has 5 heteroatoms. The summed E-state index contributed by atoms with van der Waals surface area (Å²) in [7, 11) is 1.59. The first-order valence-electron chi connectivity index (χ1n) is 3.34. The number of methoxy groups -OCH3 is 1. The summed E-state index contributed by atoms with van der Waals surface area (Å²) < 4.78 is 10.8. The van der Waals surface area contributed by atoms with Crippen LogP contribution in [0.1, 0.15) is 0 Å². The van der Waals surface area contributed by atoms with Crippen LogP contribution in [0.4, 0.5) is 0 Å².